The van der Waals surface area contributed by atoms with Crippen LogP contribution in [0.25, 0.3) is 0 Å². The Morgan fingerprint density at radius 2 is 2.09 bits per heavy atom. The fraction of sp³-hybridized carbons (Fsp3) is 0.294. The number of carbonyl (C=O) groups excluding carboxylic acids is 1. The Balaban J connectivity index is 1.70. The first-order valence-electron chi connectivity index (χ1n) is 7.41. The molecule has 0 atom stereocenters. The monoisotopic (exact) mass is 331 g/mol. The van der Waals surface area contributed by atoms with Crippen LogP contribution in [0.3, 0.4) is 0 Å². The summed E-state index contributed by atoms with van der Waals surface area (Å²) in [6, 6.07) is 10.9. The van der Waals surface area contributed by atoms with Gasteiger partial charge in [-0.25, -0.2) is 0 Å². The van der Waals surface area contributed by atoms with Crippen molar-refractivity contribution in [3.8, 4) is 5.75 Å². The number of carbonyl (C=O) groups is 2. The van der Waals surface area contributed by atoms with Gasteiger partial charge in [-0.3, -0.25) is 9.59 Å². The molecule has 0 aliphatic heterocycles. The summed E-state index contributed by atoms with van der Waals surface area (Å²) in [5, 5.41) is 11.0. The second-order valence-electron chi connectivity index (χ2n) is 5.45. The lowest BCUT2D eigenvalue weighted by molar-refractivity contribution is -0.137. The highest BCUT2D eigenvalue weighted by molar-refractivity contribution is 7.09. The Bertz CT molecular complexity index is 694. The Morgan fingerprint density at radius 1 is 1.26 bits per heavy atom. The van der Waals surface area contributed by atoms with Crippen LogP contribution in [0, 0.1) is 0 Å². The van der Waals surface area contributed by atoms with Gasteiger partial charge in [0.25, 0.3) is 5.91 Å². The number of hydrogen-bond donors (Lipinski definition) is 1. The first-order chi connectivity index (χ1) is 11.1. The molecule has 1 N–H and O–H groups in total. The summed E-state index contributed by atoms with van der Waals surface area (Å²) >= 11 is 1.61. The van der Waals surface area contributed by atoms with Gasteiger partial charge in [-0.2, -0.15) is 0 Å². The molecule has 0 spiro atoms. The number of rotatable bonds is 7. The van der Waals surface area contributed by atoms with Gasteiger partial charge in [0.1, 0.15) is 18.9 Å². The van der Waals surface area contributed by atoms with Crippen LogP contribution in [-0.4, -0.2) is 34.5 Å². The molecule has 23 heavy (non-hydrogen) atoms. The zero-order valence-corrected chi connectivity index (χ0v) is 13.3. The van der Waals surface area contributed by atoms with E-state index < -0.39 is 5.97 Å². The van der Waals surface area contributed by atoms with Gasteiger partial charge in [0.05, 0.1) is 0 Å². The van der Waals surface area contributed by atoms with Gasteiger partial charge in [0, 0.05) is 16.5 Å². The predicted molar refractivity (Wildman–Crippen MR) is 86.8 cm³/mol. The number of hydrogen-bond acceptors (Lipinski definition) is 4. The predicted octanol–water partition coefficient (Wildman–Crippen LogP) is 3.02. The second-order valence-corrected chi connectivity index (χ2v) is 6.49. The van der Waals surface area contributed by atoms with Crippen LogP contribution in [0.1, 0.15) is 28.1 Å². The number of thiophene rings is 1. The SMILES string of the molecule is O=C(O)CN(C(=O)c1cccc(OCc2cccs2)c1)C1CC1. The molecular formula is C17H17NO4S. The van der Waals surface area contributed by atoms with Crippen LogP contribution >= 0.6 is 11.3 Å². The molecule has 1 aromatic carbocycles. The first-order valence-corrected chi connectivity index (χ1v) is 8.29. The third kappa shape index (κ3) is 4.10. The van der Waals surface area contributed by atoms with E-state index in [9.17, 15) is 9.59 Å². The maximum atomic E-state index is 12.6. The Morgan fingerprint density at radius 3 is 2.74 bits per heavy atom. The van der Waals surface area contributed by atoms with Crippen LogP contribution in [0.15, 0.2) is 41.8 Å². The van der Waals surface area contributed by atoms with Gasteiger partial charge in [0.2, 0.25) is 0 Å². The highest BCUT2D eigenvalue weighted by Crippen LogP contribution is 2.28. The standard InChI is InChI=1S/C17H17NO4S/c19-16(20)10-18(13-6-7-13)17(21)12-3-1-4-14(9-12)22-11-15-5-2-8-23-15/h1-5,8-9,13H,6-7,10-11H2,(H,19,20). The highest BCUT2D eigenvalue weighted by atomic mass is 32.1. The van der Waals surface area contributed by atoms with Crippen molar-refractivity contribution in [2.75, 3.05) is 6.54 Å². The Labute approximate surface area is 138 Å². The van der Waals surface area contributed by atoms with Crippen molar-refractivity contribution in [2.24, 2.45) is 0 Å². The molecule has 1 fully saturated rings. The van der Waals surface area contributed by atoms with Gasteiger partial charge >= 0.3 is 5.97 Å². The van der Waals surface area contributed by atoms with E-state index in [2.05, 4.69) is 0 Å². The third-order valence-electron chi connectivity index (χ3n) is 3.60. The van der Waals surface area contributed by atoms with Crippen LogP contribution < -0.4 is 4.74 Å². The molecule has 2 aromatic rings. The average Bonchev–Trinajstić information content (AvgIpc) is 3.25. The van der Waals surface area contributed by atoms with Crippen molar-refractivity contribution in [1.82, 2.24) is 4.90 Å². The minimum atomic E-state index is -0.990. The summed E-state index contributed by atoms with van der Waals surface area (Å²) < 4.78 is 5.70. The highest BCUT2D eigenvalue weighted by Gasteiger charge is 2.34. The van der Waals surface area contributed by atoms with Crippen molar-refractivity contribution >= 4 is 23.2 Å². The number of carboxylic acids is 1. The van der Waals surface area contributed by atoms with Crippen LogP contribution in [0.2, 0.25) is 0 Å². The summed E-state index contributed by atoms with van der Waals surface area (Å²) in [6.45, 7) is 0.195. The summed E-state index contributed by atoms with van der Waals surface area (Å²) in [5.74, 6) is -0.637. The maximum absolute atomic E-state index is 12.6. The van der Waals surface area contributed by atoms with Crippen molar-refractivity contribution in [3.05, 3.63) is 52.2 Å². The van der Waals surface area contributed by atoms with Gasteiger partial charge in [-0.1, -0.05) is 12.1 Å². The molecule has 1 aromatic heterocycles. The molecule has 0 unspecified atom stereocenters. The van der Waals surface area contributed by atoms with E-state index in [0.717, 1.165) is 17.7 Å². The largest absolute Gasteiger partial charge is 0.488 e. The zero-order chi connectivity index (χ0) is 16.2. The number of carboxylic acid groups (broad SMARTS) is 1. The molecule has 0 bridgehead atoms. The van der Waals surface area contributed by atoms with Crippen LogP contribution in [0.5, 0.6) is 5.75 Å². The molecule has 1 aliphatic carbocycles. The fourth-order valence-electron chi connectivity index (χ4n) is 2.33. The van der Waals surface area contributed by atoms with Gasteiger partial charge in [-0.05, 0) is 42.5 Å². The summed E-state index contributed by atoms with van der Waals surface area (Å²) in [4.78, 5) is 26.1. The molecule has 1 amide bonds. The molecule has 0 saturated heterocycles. The van der Waals surface area contributed by atoms with E-state index in [0.29, 0.717) is 17.9 Å². The minimum absolute atomic E-state index is 0.0503. The molecule has 5 nitrogen and oxygen atoms in total. The normalized spacial score (nSPS) is 13.6. The fourth-order valence-corrected chi connectivity index (χ4v) is 2.95. The number of aliphatic carboxylic acids is 1. The van der Waals surface area contributed by atoms with E-state index in [1.165, 1.54) is 4.90 Å². The van der Waals surface area contributed by atoms with Crippen molar-refractivity contribution in [1.29, 1.82) is 0 Å². The number of benzene rings is 1. The molecule has 1 aliphatic rings. The zero-order valence-electron chi connectivity index (χ0n) is 12.5. The summed E-state index contributed by atoms with van der Waals surface area (Å²) in [6.07, 6.45) is 1.74. The summed E-state index contributed by atoms with van der Waals surface area (Å²) in [7, 11) is 0. The number of amides is 1. The van der Waals surface area contributed by atoms with Gasteiger partial charge < -0.3 is 14.7 Å². The lowest BCUT2D eigenvalue weighted by Crippen LogP contribution is -2.37. The molecule has 1 heterocycles. The summed E-state index contributed by atoms with van der Waals surface area (Å²) in [5.41, 5.74) is 0.460. The van der Waals surface area contributed by atoms with Crippen LogP contribution in [0.4, 0.5) is 0 Å². The van der Waals surface area contributed by atoms with Crippen molar-refractivity contribution in [2.45, 2.75) is 25.5 Å². The molecule has 0 radical (unpaired) electrons. The Kier molecular flexibility index (Phi) is 4.62. The van der Waals surface area contributed by atoms with Gasteiger partial charge in [0.15, 0.2) is 0 Å². The first kappa shape index (κ1) is 15.6. The maximum Gasteiger partial charge on any atom is 0.323 e. The molecule has 6 heteroatoms. The third-order valence-corrected chi connectivity index (χ3v) is 4.45. The van der Waals surface area contributed by atoms with Crippen molar-refractivity contribution in [3.63, 3.8) is 0 Å². The number of nitrogens with zero attached hydrogens (tertiary/aromatic N) is 1. The quantitative estimate of drug-likeness (QED) is 0.847. The van der Waals surface area contributed by atoms with E-state index in [4.69, 9.17) is 9.84 Å². The number of ether oxygens (including phenoxy) is 1. The van der Waals surface area contributed by atoms with E-state index in [-0.39, 0.29) is 18.5 Å². The minimum Gasteiger partial charge on any atom is -0.488 e. The molecule has 120 valence electrons. The van der Waals surface area contributed by atoms with Gasteiger partial charge in [-0.15, -0.1) is 11.3 Å². The average molecular weight is 331 g/mol. The lowest BCUT2D eigenvalue weighted by Gasteiger charge is -2.20. The molecular weight excluding hydrogens is 314 g/mol. The lowest BCUT2D eigenvalue weighted by atomic mass is 10.2. The van der Waals surface area contributed by atoms with Crippen molar-refractivity contribution < 1.29 is 19.4 Å². The molecule has 3 rings (SSSR count). The smallest absolute Gasteiger partial charge is 0.323 e. The van der Waals surface area contributed by atoms with Crippen LogP contribution in [-0.2, 0) is 11.4 Å². The van der Waals surface area contributed by atoms with E-state index in [1.807, 2.05) is 17.5 Å². The van der Waals surface area contributed by atoms with E-state index in [1.54, 1.807) is 35.6 Å². The van der Waals surface area contributed by atoms with E-state index >= 15 is 0 Å². The topological polar surface area (TPSA) is 66.8 Å². The molecule has 1 saturated carbocycles. The Hall–Kier alpha value is -2.34. The second kappa shape index (κ2) is 6.83.